The molecule has 6 nitrogen and oxygen atoms in total. The molecule has 0 saturated carbocycles. The summed E-state index contributed by atoms with van der Waals surface area (Å²) in [6.45, 7) is 4.14. The van der Waals surface area contributed by atoms with Crippen molar-refractivity contribution in [1.82, 2.24) is 9.97 Å². The molecule has 0 aliphatic carbocycles. The van der Waals surface area contributed by atoms with Crippen LogP contribution in [0.1, 0.15) is 23.2 Å². The van der Waals surface area contributed by atoms with Gasteiger partial charge in [0.15, 0.2) is 0 Å². The zero-order valence-corrected chi connectivity index (χ0v) is 15.0. The zero-order chi connectivity index (χ0) is 19.2. The molecule has 0 bridgehead atoms. The van der Waals surface area contributed by atoms with Crippen molar-refractivity contribution in [2.24, 2.45) is 0 Å². The van der Waals surface area contributed by atoms with Crippen LogP contribution in [0, 0.1) is 12.7 Å². The maximum atomic E-state index is 13.8. The molecule has 0 saturated heterocycles. The first kappa shape index (κ1) is 18.3. The fraction of sp³-hybridized carbons (Fsp3) is 0.150. The average molecular weight is 366 g/mol. The quantitative estimate of drug-likeness (QED) is 0.679. The van der Waals surface area contributed by atoms with E-state index in [1.807, 2.05) is 6.92 Å². The van der Waals surface area contributed by atoms with Gasteiger partial charge in [-0.25, -0.2) is 14.4 Å². The van der Waals surface area contributed by atoms with E-state index in [1.54, 1.807) is 49.4 Å². The Morgan fingerprint density at radius 3 is 2.56 bits per heavy atom. The van der Waals surface area contributed by atoms with E-state index in [0.29, 0.717) is 23.9 Å². The second-order valence-corrected chi connectivity index (χ2v) is 5.70. The van der Waals surface area contributed by atoms with Crippen LogP contribution in [0.25, 0.3) is 0 Å². The minimum absolute atomic E-state index is 0.176. The van der Waals surface area contributed by atoms with E-state index in [1.165, 1.54) is 12.1 Å². The molecule has 1 aromatic heterocycles. The number of benzene rings is 2. The van der Waals surface area contributed by atoms with Gasteiger partial charge in [-0.05, 0) is 50.2 Å². The second kappa shape index (κ2) is 8.27. The van der Waals surface area contributed by atoms with Crippen LogP contribution >= 0.6 is 0 Å². The minimum atomic E-state index is -0.408. The first-order valence-corrected chi connectivity index (χ1v) is 8.46. The molecule has 3 aromatic rings. The Labute approximate surface area is 156 Å². The first-order valence-electron chi connectivity index (χ1n) is 8.46. The van der Waals surface area contributed by atoms with Crippen molar-refractivity contribution in [3.8, 4) is 5.75 Å². The maximum absolute atomic E-state index is 13.8. The molecule has 0 atom stereocenters. The monoisotopic (exact) mass is 366 g/mol. The lowest BCUT2D eigenvalue weighted by Crippen LogP contribution is -2.15. The lowest BCUT2D eigenvalue weighted by atomic mass is 10.2. The van der Waals surface area contributed by atoms with Gasteiger partial charge < -0.3 is 15.4 Å². The fourth-order valence-electron chi connectivity index (χ4n) is 2.44. The van der Waals surface area contributed by atoms with Gasteiger partial charge in [0.2, 0.25) is 0 Å². The van der Waals surface area contributed by atoms with Gasteiger partial charge in [-0.3, -0.25) is 4.79 Å². The maximum Gasteiger partial charge on any atom is 0.274 e. The van der Waals surface area contributed by atoms with Crippen LogP contribution in [0.3, 0.4) is 0 Å². The number of ether oxygens (including phenoxy) is 1. The summed E-state index contributed by atoms with van der Waals surface area (Å²) in [6.07, 6.45) is 0. The number of aromatic nitrogens is 2. The van der Waals surface area contributed by atoms with Crippen LogP contribution < -0.4 is 15.4 Å². The zero-order valence-electron chi connectivity index (χ0n) is 15.0. The summed E-state index contributed by atoms with van der Waals surface area (Å²) in [6, 6.07) is 14.8. The summed E-state index contributed by atoms with van der Waals surface area (Å²) in [5, 5.41) is 5.64. The topological polar surface area (TPSA) is 76.1 Å². The molecular formula is C20H19FN4O2. The Kier molecular flexibility index (Phi) is 5.61. The number of carbonyl (C=O) groups excluding carboxylic acids is 1. The molecule has 1 amide bonds. The Bertz CT molecular complexity index is 945. The number of amides is 1. The third-order valence-electron chi connectivity index (χ3n) is 3.63. The van der Waals surface area contributed by atoms with E-state index >= 15 is 0 Å². The van der Waals surface area contributed by atoms with Gasteiger partial charge in [-0.2, -0.15) is 0 Å². The van der Waals surface area contributed by atoms with Crippen molar-refractivity contribution in [2.45, 2.75) is 13.8 Å². The predicted molar refractivity (Wildman–Crippen MR) is 102 cm³/mol. The van der Waals surface area contributed by atoms with Crippen LogP contribution in [-0.2, 0) is 0 Å². The summed E-state index contributed by atoms with van der Waals surface area (Å²) in [7, 11) is 0. The molecule has 3 rings (SSSR count). The highest BCUT2D eigenvalue weighted by molar-refractivity contribution is 6.03. The lowest BCUT2D eigenvalue weighted by Gasteiger charge is -2.10. The van der Waals surface area contributed by atoms with Crippen LogP contribution in [-0.4, -0.2) is 22.5 Å². The fourth-order valence-corrected chi connectivity index (χ4v) is 2.44. The van der Waals surface area contributed by atoms with Crippen LogP contribution in [0.2, 0.25) is 0 Å². The summed E-state index contributed by atoms with van der Waals surface area (Å²) >= 11 is 0. The van der Waals surface area contributed by atoms with Crippen molar-refractivity contribution in [1.29, 1.82) is 0 Å². The number of carbonyl (C=O) groups is 1. The van der Waals surface area contributed by atoms with Gasteiger partial charge in [-0.1, -0.05) is 12.1 Å². The minimum Gasteiger partial charge on any atom is -0.494 e. The number of halogens is 1. The van der Waals surface area contributed by atoms with Crippen LogP contribution in [0.15, 0.2) is 54.6 Å². The molecule has 0 spiro atoms. The average Bonchev–Trinajstić information content (AvgIpc) is 2.65. The summed E-state index contributed by atoms with van der Waals surface area (Å²) in [5.41, 5.74) is 1.06. The molecular weight excluding hydrogens is 347 g/mol. The standard InChI is InChI=1S/C20H19FN4O2/c1-3-27-15-10-8-14(9-11-15)24-20(26)18-12-19(23-13(2)22-18)25-17-7-5-4-6-16(17)21/h4-12H,3H2,1-2H3,(H,24,26)(H,22,23,25). The van der Waals surface area contributed by atoms with Crippen LogP contribution in [0.4, 0.5) is 21.6 Å². The molecule has 0 aliphatic heterocycles. The highest BCUT2D eigenvalue weighted by Crippen LogP contribution is 2.20. The number of nitrogens with zero attached hydrogens (tertiary/aromatic N) is 2. The number of rotatable bonds is 6. The molecule has 0 aliphatic rings. The van der Waals surface area contributed by atoms with Gasteiger partial charge in [0.25, 0.3) is 5.91 Å². The Hall–Kier alpha value is -3.48. The largest absolute Gasteiger partial charge is 0.494 e. The third kappa shape index (κ3) is 4.78. The Morgan fingerprint density at radius 1 is 1.11 bits per heavy atom. The van der Waals surface area contributed by atoms with E-state index < -0.39 is 5.82 Å². The molecule has 0 unspecified atom stereocenters. The number of anilines is 3. The molecule has 2 aromatic carbocycles. The van der Waals surface area contributed by atoms with Crippen molar-refractivity contribution in [3.63, 3.8) is 0 Å². The van der Waals surface area contributed by atoms with Gasteiger partial charge in [0.05, 0.1) is 12.3 Å². The van der Waals surface area contributed by atoms with Crippen molar-refractivity contribution in [2.75, 3.05) is 17.2 Å². The van der Waals surface area contributed by atoms with E-state index in [4.69, 9.17) is 4.74 Å². The summed E-state index contributed by atoms with van der Waals surface area (Å²) in [4.78, 5) is 20.9. The van der Waals surface area contributed by atoms with E-state index in [2.05, 4.69) is 20.6 Å². The number of hydrogen-bond acceptors (Lipinski definition) is 5. The Balaban J connectivity index is 1.76. The Morgan fingerprint density at radius 2 is 1.85 bits per heavy atom. The molecule has 27 heavy (non-hydrogen) atoms. The highest BCUT2D eigenvalue weighted by Gasteiger charge is 2.12. The third-order valence-corrected chi connectivity index (χ3v) is 3.63. The molecule has 0 radical (unpaired) electrons. The first-order chi connectivity index (χ1) is 13.0. The van der Waals surface area contributed by atoms with E-state index in [-0.39, 0.29) is 17.3 Å². The van der Waals surface area contributed by atoms with Crippen molar-refractivity contribution < 1.29 is 13.9 Å². The smallest absolute Gasteiger partial charge is 0.274 e. The van der Waals surface area contributed by atoms with Crippen molar-refractivity contribution in [3.05, 3.63) is 71.9 Å². The van der Waals surface area contributed by atoms with Crippen molar-refractivity contribution >= 4 is 23.1 Å². The molecule has 138 valence electrons. The number of nitrogens with one attached hydrogen (secondary N) is 2. The van der Waals surface area contributed by atoms with Gasteiger partial charge in [0.1, 0.15) is 28.9 Å². The lowest BCUT2D eigenvalue weighted by molar-refractivity contribution is 0.102. The summed E-state index contributed by atoms with van der Waals surface area (Å²) in [5.74, 6) is 0.665. The second-order valence-electron chi connectivity index (χ2n) is 5.70. The van der Waals surface area contributed by atoms with Gasteiger partial charge in [-0.15, -0.1) is 0 Å². The van der Waals surface area contributed by atoms with E-state index in [9.17, 15) is 9.18 Å². The molecule has 0 fully saturated rings. The van der Waals surface area contributed by atoms with E-state index in [0.717, 1.165) is 5.75 Å². The summed E-state index contributed by atoms with van der Waals surface area (Å²) < 4.78 is 19.2. The number of para-hydroxylation sites is 1. The SMILES string of the molecule is CCOc1ccc(NC(=O)c2cc(Nc3ccccc3F)nc(C)n2)cc1. The van der Waals surface area contributed by atoms with Gasteiger partial charge in [0, 0.05) is 11.8 Å². The predicted octanol–water partition coefficient (Wildman–Crippen LogP) is 4.32. The highest BCUT2D eigenvalue weighted by atomic mass is 19.1. The van der Waals surface area contributed by atoms with Crippen LogP contribution in [0.5, 0.6) is 5.75 Å². The van der Waals surface area contributed by atoms with Gasteiger partial charge >= 0.3 is 0 Å². The number of aryl methyl sites for hydroxylation is 1. The normalized spacial score (nSPS) is 10.3. The molecule has 7 heteroatoms. The molecule has 1 heterocycles. The number of hydrogen-bond donors (Lipinski definition) is 2. The molecule has 2 N–H and O–H groups in total.